The van der Waals surface area contributed by atoms with Crippen LogP contribution in [0.15, 0.2) is 36.5 Å². The predicted octanol–water partition coefficient (Wildman–Crippen LogP) is 2.32. The van der Waals surface area contributed by atoms with Crippen molar-refractivity contribution in [1.82, 2.24) is 15.1 Å². The van der Waals surface area contributed by atoms with Gasteiger partial charge in [-0.2, -0.15) is 5.10 Å². The molecule has 0 radical (unpaired) electrons. The van der Waals surface area contributed by atoms with Crippen LogP contribution in [0.3, 0.4) is 0 Å². The van der Waals surface area contributed by atoms with Gasteiger partial charge in [-0.1, -0.05) is 18.2 Å². The van der Waals surface area contributed by atoms with Crippen molar-refractivity contribution in [3.63, 3.8) is 0 Å². The second-order valence-electron chi connectivity index (χ2n) is 4.85. The zero-order chi connectivity index (χ0) is 13.7. The van der Waals surface area contributed by atoms with Crippen LogP contribution in [0.5, 0.6) is 0 Å². The van der Waals surface area contributed by atoms with Gasteiger partial charge in [0.25, 0.3) is 0 Å². The summed E-state index contributed by atoms with van der Waals surface area (Å²) in [4.78, 5) is 0. The number of hydrogen-bond donors (Lipinski definition) is 1. The van der Waals surface area contributed by atoms with Gasteiger partial charge in [-0.25, -0.2) is 4.39 Å². The van der Waals surface area contributed by atoms with Crippen LogP contribution in [0.4, 0.5) is 4.39 Å². The number of halogens is 1. The number of nitrogens with zero attached hydrogens (tertiary/aromatic N) is 2. The maximum Gasteiger partial charge on any atom is 0.126 e. The van der Waals surface area contributed by atoms with Gasteiger partial charge in [-0.15, -0.1) is 0 Å². The minimum Gasteiger partial charge on any atom is -0.314 e. The summed E-state index contributed by atoms with van der Waals surface area (Å²) < 4.78 is 15.4. The molecule has 2 rings (SSSR count). The predicted molar refractivity (Wildman–Crippen MR) is 74.5 cm³/mol. The molecule has 1 aromatic heterocycles. The maximum absolute atomic E-state index is 13.5. The number of nitrogens with one attached hydrogen (secondary N) is 1. The molecule has 0 fully saturated rings. The van der Waals surface area contributed by atoms with Crippen molar-refractivity contribution in [2.45, 2.75) is 25.8 Å². The van der Waals surface area contributed by atoms with Gasteiger partial charge < -0.3 is 5.32 Å². The third kappa shape index (κ3) is 3.89. The Morgan fingerprint density at radius 3 is 2.79 bits per heavy atom. The van der Waals surface area contributed by atoms with Crippen molar-refractivity contribution < 1.29 is 4.39 Å². The van der Waals surface area contributed by atoms with Crippen LogP contribution >= 0.6 is 0 Å². The summed E-state index contributed by atoms with van der Waals surface area (Å²) in [5.74, 6) is -0.122. The molecule has 0 bridgehead atoms. The summed E-state index contributed by atoms with van der Waals surface area (Å²) in [6, 6.07) is 9.22. The second-order valence-corrected chi connectivity index (χ2v) is 4.85. The van der Waals surface area contributed by atoms with Crippen LogP contribution in [-0.2, 0) is 19.9 Å². The minimum absolute atomic E-state index is 0.122. The van der Waals surface area contributed by atoms with Gasteiger partial charge in [0.15, 0.2) is 0 Å². The summed E-state index contributed by atoms with van der Waals surface area (Å²) >= 11 is 0. The monoisotopic (exact) mass is 261 g/mol. The van der Waals surface area contributed by atoms with E-state index in [1.807, 2.05) is 29.9 Å². The average Bonchev–Trinajstić information content (AvgIpc) is 2.78. The van der Waals surface area contributed by atoms with E-state index < -0.39 is 0 Å². The summed E-state index contributed by atoms with van der Waals surface area (Å²) in [7, 11) is 1.94. The number of hydrogen-bond acceptors (Lipinski definition) is 2. The number of aromatic nitrogens is 2. The summed E-state index contributed by atoms with van der Waals surface area (Å²) in [6.07, 6.45) is 3.44. The SMILES string of the molecule is C[C@H](Cc1ccccc1F)NCCc1ccnn1C. The highest BCUT2D eigenvalue weighted by molar-refractivity contribution is 5.18. The van der Waals surface area contributed by atoms with E-state index in [0.717, 1.165) is 18.5 Å². The van der Waals surface area contributed by atoms with Gasteiger partial charge in [-0.3, -0.25) is 4.68 Å². The zero-order valence-corrected chi connectivity index (χ0v) is 11.4. The van der Waals surface area contributed by atoms with E-state index in [2.05, 4.69) is 17.3 Å². The van der Waals surface area contributed by atoms with Crippen molar-refractivity contribution in [2.24, 2.45) is 7.05 Å². The van der Waals surface area contributed by atoms with Crippen LogP contribution in [0.25, 0.3) is 0 Å². The van der Waals surface area contributed by atoms with E-state index in [4.69, 9.17) is 0 Å². The van der Waals surface area contributed by atoms with Gasteiger partial charge in [0.1, 0.15) is 5.82 Å². The summed E-state index contributed by atoms with van der Waals surface area (Å²) in [5.41, 5.74) is 1.97. The standard InChI is InChI=1S/C15H20FN3/c1-12(11-13-5-3-4-6-15(13)16)17-9-7-14-8-10-18-19(14)2/h3-6,8,10,12,17H,7,9,11H2,1-2H3/t12-/m1/s1. The highest BCUT2D eigenvalue weighted by atomic mass is 19.1. The van der Waals surface area contributed by atoms with Crippen LogP contribution in [0.2, 0.25) is 0 Å². The number of benzene rings is 1. The first-order valence-electron chi connectivity index (χ1n) is 6.60. The quantitative estimate of drug-likeness (QED) is 0.865. The fourth-order valence-electron chi connectivity index (χ4n) is 2.16. The molecular weight excluding hydrogens is 241 g/mol. The molecule has 19 heavy (non-hydrogen) atoms. The van der Waals surface area contributed by atoms with Crippen molar-refractivity contribution in [3.8, 4) is 0 Å². The smallest absolute Gasteiger partial charge is 0.126 e. The maximum atomic E-state index is 13.5. The molecule has 0 amide bonds. The van der Waals surface area contributed by atoms with Gasteiger partial charge in [0.05, 0.1) is 0 Å². The first-order valence-corrected chi connectivity index (χ1v) is 6.60. The molecule has 0 unspecified atom stereocenters. The van der Waals surface area contributed by atoms with Crippen molar-refractivity contribution >= 4 is 0 Å². The van der Waals surface area contributed by atoms with E-state index in [1.54, 1.807) is 12.3 Å². The van der Waals surface area contributed by atoms with Crippen LogP contribution in [-0.4, -0.2) is 22.4 Å². The molecule has 2 aromatic rings. The van der Waals surface area contributed by atoms with Gasteiger partial charge >= 0.3 is 0 Å². The van der Waals surface area contributed by atoms with E-state index in [9.17, 15) is 4.39 Å². The molecule has 1 heterocycles. The Balaban J connectivity index is 1.78. The Bertz CT molecular complexity index is 522. The molecule has 4 heteroatoms. The van der Waals surface area contributed by atoms with Gasteiger partial charge in [0, 0.05) is 37.9 Å². The average molecular weight is 261 g/mol. The lowest BCUT2D eigenvalue weighted by atomic mass is 10.1. The molecule has 3 nitrogen and oxygen atoms in total. The third-order valence-electron chi connectivity index (χ3n) is 3.28. The summed E-state index contributed by atoms with van der Waals surface area (Å²) in [6.45, 7) is 2.95. The molecular formula is C15H20FN3. The molecule has 0 aliphatic carbocycles. The van der Waals surface area contributed by atoms with Crippen LogP contribution < -0.4 is 5.32 Å². The Labute approximate surface area is 113 Å². The molecule has 0 aliphatic rings. The lowest BCUT2D eigenvalue weighted by molar-refractivity contribution is 0.523. The molecule has 1 atom stereocenters. The fourth-order valence-corrected chi connectivity index (χ4v) is 2.16. The molecule has 0 saturated carbocycles. The summed E-state index contributed by atoms with van der Waals surface area (Å²) in [5, 5.41) is 7.55. The molecule has 102 valence electrons. The zero-order valence-electron chi connectivity index (χ0n) is 11.4. The minimum atomic E-state index is -0.122. The molecule has 0 spiro atoms. The Hall–Kier alpha value is -1.68. The van der Waals surface area contributed by atoms with Crippen LogP contribution in [0, 0.1) is 5.82 Å². The fraction of sp³-hybridized carbons (Fsp3) is 0.400. The van der Waals surface area contributed by atoms with E-state index in [1.165, 1.54) is 11.8 Å². The lowest BCUT2D eigenvalue weighted by Gasteiger charge is -2.14. The molecule has 0 saturated heterocycles. The topological polar surface area (TPSA) is 29.9 Å². The first kappa shape index (κ1) is 13.7. The van der Waals surface area contributed by atoms with Crippen molar-refractivity contribution in [2.75, 3.05) is 6.54 Å². The van der Waals surface area contributed by atoms with E-state index in [-0.39, 0.29) is 11.9 Å². The van der Waals surface area contributed by atoms with Crippen molar-refractivity contribution in [3.05, 3.63) is 53.6 Å². The normalized spacial score (nSPS) is 12.6. The highest BCUT2D eigenvalue weighted by Crippen LogP contribution is 2.09. The first-order chi connectivity index (χ1) is 9.16. The van der Waals surface area contributed by atoms with Crippen molar-refractivity contribution in [1.29, 1.82) is 0 Å². The van der Waals surface area contributed by atoms with E-state index >= 15 is 0 Å². The molecule has 1 N–H and O–H groups in total. The Morgan fingerprint density at radius 2 is 2.11 bits per heavy atom. The second kappa shape index (κ2) is 6.48. The Kier molecular flexibility index (Phi) is 4.68. The third-order valence-corrected chi connectivity index (χ3v) is 3.28. The number of rotatable bonds is 6. The van der Waals surface area contributed by atoms with Gasteiger partial charge in [0.2, 0.25) is 0 Å². The molecule has 1 aromatic carbocycles. The molecule has 0 aliphatic heterocycles. The number of aryl methyl sites for hydroxylation is 1. The largest absolute Gasteiger partial charge is 0.314 e. The lowest BCUT2D eigenvalue weighted by Crippen LogP contribution is -2.30. The van der Waals surface area contributed by atoms with E-state index in [0.29, 0.717) is 6.42 Å². The van der Waals surface area contributed by atoms with Crippen LogP contribution in [0.1, 0.15) is 18.2 Å². The van der Waals surface area contributed by atoms with Gasteiger partial charge in [-0.05, 0) is 31.0 Å². The Morgan fingerprint density at radius 1 is 1.32 bits per heavy atom. The highest BCUT2D eigenvalue weighted by Gasteiger charge is 2.07.